The maximum atomic E-state index is 15.2. The third kappa shape index (κ3) is 8.71. The summed E-state index contributed by atoms with van der Waals surface area (Å²) in [6, 6.07) is 0. The van der Waals surface area contributed by atoms with E-state index in [1.165, 1.54) is 6.92 Å². The summed E-state index contributed by atoms with van der Waals surface area (Å²) in [6.45, 7) is 16.0. The zero-order valence-electron chi connectivity index (χ0n) is 42.4. The van der Waals surface area contributed by atoms with Crippen molar-refractivity contribution in [3.05, 3.63) is 11.6 Å². The number of fused-ring (bicyclic) bond motifs is 7. The number of esters is 1. The van der Waals surface area contributed by atoms with Crippen LogP contribution in [0.1, 0.15) is 113 Å². The zero-order valence-corrected chi connectivity index (χ0v) is 42.4. The molecule has 8 fully saturated rings. The van der Waals surface area contributed by atoms with E-state index < -0.39 is 153 Å². The number of carbonyl (C=O) groups is 1. The van der Waals surface area contributed by atoms with Crippen LogP contribution in [0.25, 0.3) is 0 Å². The lowest BCUT2D eigenvalue weighted by atomic mass is 9.33. The average molecular weight is 1020 g/mol. The van der Waals surface area contributed by atoms with Gasteiger partial charge in [-0.2, -0.15) is 0 Å². The van der Waals surface area contributed by atoms with Crippen molar-refractivity contribution >= 4 is 5.97 Å². The average Bonchev–Trinajstić information content (AvgIpc) is 3.30. The third-order valence-corrected chi connectivity index (χ3v) is 20.2. The summed E-state index contributed by atoms with van der Waals surface area (Å²) < 4.78 is 46.6. The number of carbonyl (C=O) groups excluding carboxylic acids is 1. The number of rotatable bonds is 8. The smallest absolute Gasteiger partial charge is 0.317 e. The first kappa shape index (κ1) is 54.3. The van der Waals surface area contributed by atoms with Crippen LogP contribution in [0.5, 0.6) is 0 Å². The van der Waals surface area contributed by atoms with Crippen LogP contribution in [-0.2, 0) is 42.7 Å². The summed E-state index contributed by atoms with van der Waals surface area (Å²) in [5.74, 6) is -0.511. The highest BCUT2D eigenvalue weighted by atomic mass is 16.8. The molecule has 406 valence electrons. The fourth-order valence-electron chi connectivity index (χ4n) is 15.7. The second kappa shape index (κ2) is 19.2. The predicted octanol–water partition coefficient (Wildman–Crippen LogP) is -0.120. The molecule has 26 unspecified atom stereocenters. The highest BCUT2D eigenvalue weighted by Gasteiger charge is 2.72. The molecule has 5 aliphatic carbocycles. The Morgan fingerprint density at radius 2 is 1.17 bits per heavy atom. The van der Waals surface area contributed by atoms with Crippen molar-refractivity contribution in [1.82, 2.24) is 0 Å². The fourth-order valence-corrected chi connectivity index (χ4v) is 15.7. The predicted molar refractivity (Wildman–Crippen MR) is 245 cm³/mol. The number of allylic oxidation sites excluding steroid dienone is 2. The van der Waals surface area contributed by atoms with E-state index in [0.717, 1.165) is 37.7 Å². The minimum absolute atomic E-state index is 0.0349. The maximum Gasteiger partial charge on any atom is 0.317 e. The van der Waals surface area contributed by atoms with Gasteiger partial charge in [-0.25, -0.2) is 0 Å². The molecule has 0 spiro atoms. The summed E-state index contributed by atoms with van der Waals surface area (Å²) >= 11 is 0. The largest absolute Gasteiger partial charge is 0.432 e. The number of aliphatic hydroxyl groups excluding tert-OH is 11. The number of hydrogen-bond acceptors (Lipinski definition) is 20. The van der Waals surface area contributed by atoms with E-state index in [4.69, 9.17) is 37.9 Å². The van der Waals surface area contributed by atoms with Crippen molar-refractivity contribution in [3.63, 3.8) is 0 Å². The second-order valence-corrected chi connectivity index (χ2v) is 25.0. The lowest BCUT2D eigenvalue weighted by Crippen LogP contribution is -2.68. The lowest BCUT2D eigenvalue weighted by Gasteiger charge is -2.71. The molecule has 0 bridgehead atoms. The van der Waals surface area contributed by atoms with Crippen LogP contribution in [0.2, 0.25) is 0 Å². The molecule has 11 N–H and O–H groups in total. The van der Waals surface area contributed by atoms with Crippen molar-refractivity contribution in [2.45, 2.75) is 230 Å². The van der Waals surface area contributed by atoms with Gasteiger partial charge in [-0.3, -0.25) is 4.79 Å². The molecular weight excluding hydrogens is 933 g/mol. The Balaban J connectivity index is 0.915. The second-order valence-electron chi connectivity index (χ2n) is 25.0. The van der Waals surface area contributed by atoms with Gasteiger partial charge >= 0.3 is 5.97 Å². The first-order valence-corrected chi connectivity index (χ1v) is 26.0. The van der Waals surface area contributed by atoms with E-state index in [9.17, 15) is 56.2 Å². The molecule has 0 aromatic rings. The van der Waals surface area contributed by atoms with Crippen LogP contribution >= 0.6 is 0 Å². The van der Waals surface area contributed by atoms with E-state index in [2.05, 4.69) is 54.5 Å². The highest BCUT2D eigenvalue weighted by Crippen LogP contribution is 2.76. The molecule has 20 nitrogen and oxygen atoms in total. The van der Waals surface area contributed by atoms with E-state index in [1.54, 1.807) is 0 Å². The number of hydrogen-bond donors (Lipinski definition) is 11. The lowest BCUT2D eigenvalue weighted by molar-refractivity contribution is -0.375. The topological polar surface area (TPSA) is 313 Å². The Kier molecular flexibility index (Phi) is 14.7. The van der Waals surface area contributed by atoms with Crippen molar-refractivity contribution in [2.75, 3.05) is 19.8 Å². The van der Waals surface area contributed by atoms with E-state index in [1.807, 2.05) is 0 Å². The quantitative estimate of drug-likeness (QED) is 0.112. The van der Waals surface area contributed by atoms with Gasteiger partial charge in [0.25, 0.3) is 0 Å². The molecule has 71 heavy (non-hydrogen) atoms. The summed E-state index contributed by atoms with van der Waals surface area (Å²) in [5, 5.41) is 121. The van der Waals surface area contributed by atoms with Gasteiger partial charge in [0.1, 0.15) is 72.6 Å². The first-order chi connectivity index (χ1) is 33.1. The SMILES string of the molecule is CC1OC(OC2C(OC(=O)C34CCC(C)(C)CC3C3=CCC5C6(C)CCC(O)C(C)(C)C6CCC5(C)C3(C)CC4O)OCC(O)C2O)C(O)C(O)C1OC1OCC(O)C(OC2OCC(O)C(O)C2O)C1O. The molecule has 4 saturated carbocycles. The molecule has 4 heterocycles. The molecule has 0 aromatic carbocycles. The molecule has 0 amide bonds. The Hall–Kier alpha value is -1.51. The molecule has 9 aliphatic rings. The van der Waals surface area contributed by atoms with Crippen LogP contribution in [0, 0.1) is 50.2 Å². The number of aliphatic hydroxyl groups is 11. The molecular formula is C51H82O20. The fraction of sp³-hybridized carbons (Fsp3) is 0.941. The Labute approximate surface area is 415 Å². The van der Waals surface area contributed by atoms with Crippen molar-refractivity contribution in [1.29, 1.82) is 0 Å². The van der Waals surface area contributed by atoms with Crippen molar-refractivity contribution < 1.29 is 98.9 Å². The van der Waals surface area contributed by atoms with Crippen molar-refractivity contribution in [3.8, 4) is 0 Å². The van der Waals surface area contributed by atoms with Gasteiger partial charge in [-0.1, -0.05) is 60.1 Å². The van der Waals surface area contributed by atoms with Gasteiger partial charge in [-0.15, -0.1) is 0 Å². The Morgan fingerprint density at radius 3 is 1.86 bits per heavy atom. The van der Waals surface area contributed by atoms with Crippen LogP contribution in [-0.4, -0.2) is 199 Å². The van der Waals surface area contributed by atoms with Gasteiger partial charge in [0.2, 0.25) is 6.29 Å². The summed E-state index contributed by atoms with van der Waals surface area (Å²) in [6.07, 6.45) is -20.1. The molecule has 20 heteroatoms. The van der Waals surface area contributed by atoms with Gasteiger partial charge in [-0.05, 0) is 110 Å². The van der Waals surface area contributed by atoms with Crippen LogP contribution in [0.15, 0.2) is 11.6 Å². The molecule has 9 rings (SSSR count). The normalized spacial score (nSPS) is 54.8. The maximum absolute atomic E-state index is 15.2. The molecule has 0 radical (unpaired) electrons. The Bertz CT molecular complexity index is 1970. The van der Waals surface area contributed by atoms with Gasteiger partial charge in [0.15, 0.2) is 25.0 Å². The standard InChI is InChI=1S/C51H82O20/c1-22-38(68-42-37(62)39(27(54)21-65-42)69-41-35(60)32(57)25(52)19-64-41)34(59)36(61)43(67-22)70-40-33(58)26(53)20-66-44(40)71-45(63)51-16-15-46(2,3)17-24(51)23-9-10-29-48(6)13-12-30(55)47(4,5)28(48)11-14-49(29,7)50(23,8)18-31(51)56/h9,22,24-44,52-62H,10-21H2,1-8H3. The third-order valence-electron chi connectivity index (χ3n) is 20.2. The molecule has 4 aliphatic heterocycles. The first-order valence-electron chi connectivity index (χ1n) is 26.0. The summed E-state index contributed by atoms with van der Waals surface area (Å²) in [5.41, 5.74) is -1.36. The van der Waals surface area contributed by atoms with Crippen LogP contribution in [0.3, 0.4) is 0 Å². The van der Waals surface area contributed by atoms with Gasteiger partial charge < -0.3 is 94.1 Å². The number of ether oxygens (including phenoxy) is 8. The van der Waals surface area contributed by atoms with Crippen molar-refractivity contribution in [2.24, 2.45) is 50.2 Å². The highest BCUT2D eigenvalue weighted by molar-refractivity contribution is 5.80. The monoisotopic (exact) mass is 1010 g/mol. The minimum atomic E-state index is -1.91. The van der Waals surface area contributed by atoms with E-state index >= 15 is 4.79 Å². The van der Waals surface area contributed by atoms with Gasteiger partial charge in [0.05, 0.1) is 38.1 Å². The zero-order chi connectivity index (χ0) is 51.7. The van der Waals surface area contributed by atoms with Crippen LogP contribution in [0.4, 0.5) is 0 Å². The van der Waals surface area contributed by atoms with Crippen LogP contribution < -0.4 is 0 Å². The summed E-state index contributed by atoms with van der Waals surface area (Å²) in [7, 11) is 0. The minimum Gasteiger partial charge on any atom is -0.432 e. The van der Waals surface area contributed by atoms with E-state index in [-0.39, 0.29) is 27.8 Å². The Morgan fingerprint density at radius 1 is 0.577 bits per heavy atom. The molecule has 4 saturated heterocycles. The summed E-state index contributed by atoms with van der Waals surface area (Å²) in [4.78, 5) is 15.2. The van der Waals surface area contributed by atoms with Gasteiger partial charge in [0, 0.05) is 0 Å². The molecule has 26 atom stereocenters. The van der Waals surface area contributed by atoms with E-state index in [0.29, 0.717) is 37.5 Å². The molecule has 0 aromatic heterocycles.